The summed E-state index contributed by atoms with van der Waals surface area (Å²) in [5, 5.41) is 0.723. The van der Waals surface area contributed by atoms with Gasteiger partial charge in [-0.15, -0.1) is 0 Å². The lowest BCUT2D eigenvalue weighted by Gasteiger charge is -2.30. The third kappa shape index (κ3) is 4.05. The molecule has 2 atom stereocenters. The Morgan fingerprint density at radius 2 is 1.82 bits per heavy atom. The van der Waals surface area contributed by atoms with Gasteiger partial charge in [0.1, 0.15) is 11.9 Å². The number of methoxy groups -OCH3 is 1. The van der Waals surface area contributed by atoms with Gasteiger partial charge in [-0.1, -0.05) is 54.6 Å². The van der Waals surface area contributed by atoms with Crippen LogP contribution in [0.15, 0.2) is 90.0 Å². The molecule has 3 rings (SSSR count). The van der Waals surface area contributed by atoms with E-state index in [2.05, 4.69) is 42.7 Å². The number of hydrogen-bond donors (Lipinski definition) is 0. The molecule has 3 nitrogen and oxygen atoms in total. The van der Waals surface area contributed by atoms with Crippen LogP contribution in [0, 0.1) is 0 Å². The number of halogens is 1. The first kappa shape index (κ1) is 20.0. The number of allylic oxidation sites excluding steroid dienone is 4. The van der Waals surface area contributed by atoms with E-state index in [4.69, 9.17) is 21.3 Å². The van der Waals surface area contributed by atoms with Crippen LogP contribution in [0.4, 0.5) is 5.69 Å². The summed E-state index contributed by atoms with van der Waals surface area (Å²) < 4.78 is 5.31. The van der Waals surface area contributed by atoms with Crippen LogP contribution in [0.25, 0.3) is 0 Å². The molecule has 0 saturated heterocycles. The third-order valence-electron chi connectivity index (χ3n) is 4.90. The first-order chi connectivity index (χ1) is 13.6. The molecule has 2 unspecified atom stereocenters. The summed E-state index contributed by atoms with van der Waals surface area (Å²) >= 11 is 6.11. The van der Waals surface area contributed by atoms with E-state index in [1.54, 1.807) is 13.2 Å². The normalized spacial score (nSPS) is 19.8. The van der Waals surface area contributed by atoms with E-state index in [9.17, 15) is 0 Å². The molecule has 0 aliphatic carbocycles. The van der Waals surface area contributed by atoms with Crippen LogP contribution in [0.2, 0.25) is 5.02 Å². The molecule has 1 heterocycles. The Morgan fingerprint density at radius 3 is 2.39 bits per heavy atom. The predicted molar refractivity (Wildman–Crippen MR) is 120 cm³/mol. The summed E-state index contributed by atoms with van der Waals surface area (Å²) in [6.07, 6.45) is 7.74. The monoisotopic (exact) mass is 392 g/mol. The van der Waals surface area contributed by atoms with Crippen LogP contribution in [0.5, 0.6) is 5.75 Å². The third-order valence-corrected chi connectivity index (χ3v) is 5.15. The van der Waals surface area contributed by atoms with Crippen molar-refractivity contribution in [2.75, 3.05) is 12.0 Å². The van der Waals surface area contributed by atoms with Crippen LogP contribution in [0.3, 0.4) is 0 Å². The minimum atomic E-state index is -0.121. The molecular formula is C24H25ClN2O. The van der Waals surface area contributed by atoms with Gasteiger partial charge in [-0.2, -0.15) is 0 Å². The Balaban J connectivity index is 2.06. The maximum absolute atomic E-state index is 6.11. The number of benzene rings is 2. The lowest BCUT2D eigenvalue weighted by Crippen LogP contribution is -2.35. The highest BCUT2D eigenvalue weighted by Gasteiger charge is 2.35. The van der Waals surface area contributed by atoms with Crippen LogP contribution >= 0.6 is 11.6 Å². The minimum absolute atomic E-state index is 0.106. The van der Waals surface area contributed by atoms with Gasteiger partial charge < -0.3 is 9.64 Å². The second-order valence-corrected chi connectivity index (χ2v) is 7.00. The molecule has 0 N–H and O–H groups in total. The largest absolute Gasteiger partial charge is 0.497 e. The van der Waals surface area contributed by atoms with E-state index in [1.165, 1.54) is 0 Å². The zero-order chi connectivity index (χ0) is 20.1. The summed E-state index contributed by atoms with van der Waals surface area (Å²) in [6, 6.07) is 16.1. The molecule has 144 valence electrons. The van der Waals surface area contributed by atoms with Gasteiger partial charge >= 0.3 is 0 Å². The predicted octanol–water partition coefficient (Wildman–Crippen LogP) is 6.39. The number of nitrogens with zero attached hydrogens (tertiary/aromatic N) is 2. The van der Waals surface area contributed by atoms with Crippen molar-refractivity contribution in [1.82, 2.24) is 0 Å². The summed E-state index contributed by atoms with van der Waals surface area (Å²) in [5.74, 6) is 0.833. The number of ether oxygens (including phenoxy) is 1. The quantitative estimate of drug-likeness (QED) is 0.532. The van der Waals surface area contributed by atoms with Crippen molar-refractivity contribution in [2.45, 2.75) is 26.1 Å². The Labute approximate surface area is 172 Å². The standard InChI is InChI=1S/C24H25ClN2O/c1-5-7-8-18(6-2)23-17(3)27(21-13-11-20(25)12-14-21)24(26-23)19-9-15-22(28-4)16-10-19/h5-17,24H,1H2,2-4H3/b8-7-,18-6+. The van der Waals surface area contributed by atoms with Gasteiger partial charge in [-0.05, 0) is 61.4 Å². The molecule has 28 heavy (non-hydrogen) atoms. The highest BCUT2D eigenvalue weighted by molar-refractivity contribution is 6.30. The highest BCUT2D eigenvalue weighted by Crippen LogP contribution is 2.38. The average molecular weight is 393 g/mol. The van der Waals surface area contributed by atoms with Crippen LogP contribution in [0.1, 0.15) is 25.6 Å². The molecule has 0 saturated carbocycles. The fraction of sp³-hybridized carbons (Fsp3) is 0.208. The maximum Gasteiger partial charge on any atom is 0.148 e. The first-order valence-electron chi connectivity index (χ1n) is 9.30. The molecule has 0 spiro atoms. The van der Waals surface area contributed by atoms with E-state index >= 15 is 0 Å². The molecule has 2 aromatic rings. The number of aliphatic imine (C=N–C) groups is 1. The Hall–Kier alpha value is -2.78. The van der Waals surface area contributed by atoms with E-state index < -0.39 is 0 Å². The van der Waals surface area contributed by atoms with E-state index in [0.29, 0.717) is 0 Å². The van der Waals surface area contributed by atoms with Crippen molar-refractivity contribution in [3.63, 3.8) is 0 Å². The molecule has 2 aromatic carbocycles. The zero-order valence-electron chi connectivity index (χ0n) is 16.5. The van der Waals surface area contributed by atoms with Gasteiger partial charge in [0, 0.05) is 10.7 Å². The molecule has 0 bridgehead atoms. The Morgan fingerprint density at radius 1 is 1.14 bits per heavy atom. The molecule has 0 amide bonds. The molecule has 1 aliphatic heterocycles. The zero-order valence-corrected chi connectivity index (χ0v) is 17.2. The van der Waals surface area contributed by atoms with Crippen molar-refractivity contribution in [2.24, 2.45) is 4.99 Å². The highest BCUT2D eigenvalue weighted by atomic mass is 35.5. The van der Waals surface area contributed by atoms with Crippen LogP contribution < -0.4 is 9.64 Å². The summed E-state index contributed by atoms with van der Waals surface area (Å²) in [6.45, 7) is 7.99. The summed E-state index contributed by atoms with van der Waals surface area (Å²) in [5.41, 5.74) is 4.35. The molecule has 4 heteroatoms. The van der Waals surface area contributed by atoms with Gasteiger partial charge in [-0.3, -0.25) is 4.99 Å². The van der Waals surface area contributed by atoms with Gasteiger partial charge in [0.2, 0.25) is 0 Å². The van der Waals surface area contributed by atoms with E-state index in [-0.39, 0.29) is 12.2 Å². The lowest BCUT2D eigenvalue weighted by molar-refractivity contribution is 0.414. The lowest BCUT2D eigenvalue weighted by atomic mass is 10.0. The second-order valence-electron chi connectivity index (χ2n) is 6.56. The molecule has 0 radical (unpaired) electrons. The van der Waals surface area contributed by atoms with Crippen LogP contribution in [-0.2, 0) is 0 Å². The van der Waals surface area contributed by atoms with Crippen molar-refractivity contribution < 1.29 is 4.74 Å². The maximum atomic E-state index is 6.11. The molecule has 0 aromatic heterocycles. The van der Waals surface area contributed by atoms with Crippen molar-refractivity contribution in [3.05, 3.63) is 95.6 Å². The molecule has 1 aliphatic rings. The minimum Gasteiger partial charge on any atom is -0.497 e. The van der Waals surface area contributed by atoms with Gasteiger partial charge in [0.05, 0.1) is 18.9 Å². The number of hydrogen-bond acceptors (Lipinski definition) is 3. The second kappa shape index (κ2) is 8.94. The van der Waals surface area contributed by atoms with Crippen LogP contribution in [-0.4, -0.2) is 18.9 Å². The number of rotatable bonds is 6. The number of anilines is 1. The van der Waals surface area contributed by atoms with Gasteiger partial charge in [0.15, 0.2) is 0 Å². The Kier molecular flexibility index (Phi) is 6.37. The molecular weight excluding hydrogens is 368 g/mol. The molecule has 0 fully saturated rings. The van der Waals surface area contributed by atoms with Crippen molar-refractivity contribution in [3.8, 4) is 5.75 Å². The first-order valence-corrected chi connectivity index (χ1v) is 9.68. The summed E-state index contributed by atoms with van der Waals surface area (Å²) in [7, 11) is 1.67. The van der Waals surface area contributed by atoms with Gasteiger partial charge in [0.25, 0.3) is 0 Å². The Bertz CT molecular complexity index is 911. The fourth-order valence-electron chi connectivity index (χ4n) is 3.45. The topological polar surface area (TPSA) is 24.8 Å². The van der Waals surface area contributed by atoms with Gasteiger partial charge in [-0.25, -0.2) is 0 Å². The smallest absolute Gasteiger partial charge is 0.148 e. The summed E-state index contributed by atoms with van der Waals surface area (Å²) in [4.78, 5) is 7.43. The van der Waals surface area contributed by atoms with Crippen molar-refractivity contribution >= 4 is 23.0 Å². The fourth-order valence-corrected chi connectivity index (χ4v) is 3.58. The SMILES string of the molecule is C=C/C=C\C(=C/C)C1=NC(c2ccc(OC)cc2)N(c2ccc(Cl)cc2)C1C. The van der Waals surface area contributed by atoms with Crippen molar-refractivity contribution in [1.29, 1.82) is 0 Å². The van der Waals surface area contributed by atoms with E-state index in [0.717, 1.165) is 33.3 Å². The average Bonchev–Trinajstić information content (AvgIpc) is 3.06. The van der Waals surface area contributed by atoms with E-state index in [1.807, 2.05) is 49.4 Å².